The summed E-state index contributed by atoms with van der Waals surface area (Å²) in [5, 5.41) is 9.23. The van der Waals surface area contributed by atoms with Crippen molar-refractivity contribution in [3.8, 4) is 0 Å². The molecule has 1 aromatic heterocycles. The van der Waals surface area contributed by atoms with E-state index in [0.717, 1.165) is 19.0 Å². The molecule has 0 saturated carbocycles. The van der Waals surface area contributed by atoms with Gasteiger partial charge in [-0.05, 0) is 12.1 Å². The predicted octanol–water partition coefficient (Wildman–Crippen LogP) is 0.425. The molecule has 1 heterocycles. The first kappa shape index (κ1) is 16.1. The van der Waals surface area contributed by atoms with Gasteiger partial charge in [0.2, 0.25) is 5.91 Å². The van der Waals surface area contributed by atoms with Crippen LogP contribution in [0.15, 0.2) is 29.5 Å². The van der Waals surface area contributed by atoms with Crippen LogP contribution >= 0.6 is 0 Å². The van der Waals surface area contributed by atoms with Crippen LogP contribution in [0.4, 0.5) is 0 Å². The highest BCUT2D eigenvalue weighted by Crippen LogP contribution is 1.89. The Morgan fingerprint density at radius 1 is 1.10 bits per heavy atom. The summed E-state index contributed by atoms with van der Waals surface area (Å²) in [6.45, 7) is 6.69. The largest absolute Gasteiger partial charge is 0.355 e. The lowest BCUT2D eigenvalue weighted by Gasteiger charge is -2.13. The Hall–Kier alpha value is -1.98. The van der Waals surface area contributed by atoms with E-state index < -0.39 is 0 Å². The summed E-state index contributed by atoms with van der Waals surface area (Å²) in [5.74, 6) is 0.840. The molecule has 1 aromatic rings. The van der Waals surface area contributed by atoms with Gasteiger partial charge < -0.3 is 20.5 Å². The van der Waals surface area contributed by atoms with Crippen molar-refractivity contribution >= 4 is 11.9 Å². The minimum Gasteiger partial charge on any atom is -0.355 e. The Bertz CT molecular complexity index is 411. The third-order valence-corrected chi connectivity index (χ3v) is 2.79. The van der Waals surface area contributed by atoms with E-state index >= 15 is 0 Å². The molecule has 3 N–H and O–H groups in total. The van der Waals surface area contributed by atoms with Crippen molar-refractivity contribution < 1.29 is 4.79 Å². The summed E-state index contributed by atoms with van der Waals surface area (Å²) in [6.07, 6.45) is 4.05. The molecule has 0 unspecified atom stereocenters. The van der Waals surface area contributed by atoms with E-state index in [-0.39, 0.29) is 11.8 Å². The fourth-order valence-electron chi connectivity index (χ4n) is 1.61. The van der Waals surface area contributed by atoms with Gasteiger partial charge in [-0.15, -0.1) is 0 Å². The second kappa shape index (κ2) is 9.01. The summed E-state index contributed by atoms with van der Waals surface area (Å²) in [7, 11) is 1.73. The molecule has 0 fully saturated rings. The number of guanidine groups is 1. The van der Waals surface area contributed by atoms with Crippen LogP contribution in [0.1, 0.15) is 13.8 Å². The quantitative estimate of drug-likeness (QED) is 0.385. The van der Waals surface area contributed by atoms with Gasteiger partial charge in [0, 0.05) is 51.5 Å². The summed E-state index contributed by atoms with van der Waals surface area (Å²) < 4.78 is 2.10. The lowest BCUT2D eigenvalue weighted by Crippen LogP contribution is -2.42. The van der Waals surface area contributed by atoms with E-state index in [1.54, 1.807) is 7.05 Å². The van der Waals surface area contributed by atoms with Crippen LogP contribution < -0.4 is 16.0 Å². The monoisotopic (exact) mass is 279 g/mol. The maximum Gasteiger partial charge on any atom is 0.222 e. The summed E-state index contributed by atoms with van der Waals surface area (Å²) >= 11 is 0. The minimum absolute atomic E-state index is 0.0222. The van der Waals surface area contributed by atoms with Gasteiger partial charge in [0.05, 0.1) is 0 Å². The maximum atomic E-state index is 11.4. The number of hydrogen-bond donors (Lipinski definition) is 3. The fourth-order valence-corrected chi connectivity index (χ4v) is 1.61. The SMILES string of the molecule is CN=C(NCCNC(=O)C(C)C)NCCn1cccc1. The summed E-state index contributed by atoms with van der Waals surface area (Å²) in [4.78, 5) is 15.5. The molecule has 0 bridgehead atoms. The van der Waals surface area contributed by atoms with Gasteiger partial charge in [0.15, 0.2) is 5.96 Å². The number of carbonyl (C=O) groups is 1. The Morgan fingerprint density at radius 2 is 1.70 bits per heavy atom. The van der Waals surface area contributed by atoms with Crippen LogP contribution in [0.2, 0.25) is 0 Å². The zero-order valence-corrected chi connectivity index (χ0v) is 12.5. The average molecular weight is 279 g/mol. The molecule has 0 aliphatic carbocycles. The molecule has 112 valence electrons. The van der Waals surface area contributed by atoms with Gasteiger partial charge in [0.25, 0.3) is 0 Å². The van der Waals surface area contributed by atoms with Gasteiger partial charge >= 0.3 is 0 Å². The standard InChI is InChI=1S/C14H25N5O/c1-12(2)13(20)16-6-7-17-14(15-3)18-8-11-19-9-4-5-10-19/h4-5,9-10,12H,6-8,11H2,1-3H3,(H,16,20)(H2,15,17,18). The van der Waals surface area contributed by atoms with Gasteiger partial charge in [-0.3, -0.25) is 9.79 Å². The first-order chi connectivity index (χ1) is 9.63. The number of amides is 1. The first-order valence-electron chi connectivity index (χ1n) is 6.96. The molecule has 0 aliphatic heterocycles. The number of aliphatic imine (C=N–C) groups is 1. The number of nitrogens with zero attached hydrogens (tertiary/aromatic N) is 2. The third kappa shape index (κ3) is 6.26. The Balaban J connectivity index is 2.12. The molecule has 0 aliphatic rings. The van der Waals surface area contributed by atoms with Crippen LogP contribution in [0.5, 0.6) is 0 Å². The molecule has 0 atom stereocenters. The van der Waals surface area contributed by atoms with Crippen LogP contribution in [-0.4, -0.2) is 43.1 Å². The molecule has 0 radical (unpaired) electrons. The van der Waals surface area contributed by atoms with Gasteiger partial charge in [-0.2, -0.15) is 0 Å². The second-order valence-corrected chi connectivity index (χ2v) is 4.79. The Morgan fingerprint density at radius 3 is 2.30 bits per heavy atom. The van der Waals surface area contributed by atoms with Gasteiger partial charge in [0.1, 0.15) is 0 Å². The maximum absolute atomic E-state index is 11.4. The third-order valence-electron chi connectivity index (χ3n) is 2.79. The molecule has 6 nitrogen and oxygen atoms in total. The number of hydrogen-bond acceptors (Lipinski definition) is 2. The highest BCUT2D eigenvalue weighted by Gasteiger charge is 2.04. The van der Waals surface area contributed by atoms with E-state index in [4.69, 9.17) is 0 Å². The number of rotatable bonds is 7. The van der Waals surface area contributed by atoms with Crippen molar-refractivity contribution in [3.05, 3.63) is 24.5 Å². The second-order valence-electron chi connectivity index (χ2n) is 4.79. The van der Waals surface area contributed by atoms with Gasteiger partial charge in [-0.25, -0.2) is 0 Å². The van der Waals surface area contributed by atoms with Crippen molar-refractivity contribution in [2.24, 2.45) is 10.9 Å². The van der Waals surface area contributed by atoms with E-state index in [0.29, 0.717) is 13.1 Å². The number of carbonyl (C=O) groups excluding carboxylic acids is 1. The lowest BCUT2D eigenvalue weighted by molar-refractivity contribution is -0.123. The summed E-state index contributed by atoms with van der Waals surface area (Å²) in [5.41, 5.74) is 0. The Labute approximate surface area is 120 Å². The van der Waals surface area contributed by atoms with E-state index in [1.165, 1.54) is 0 Å². The van der Waals surface area contributed by atoms with E-state index in [9.17, 15) is 4.79 Å². The van der Waals surface area contributed by atoms with Gasteiger partial charge in [-0.1, -0.05) is 13.8 Å². The molecular weight excluding hydrogens is 254 g/mol. The molecule has 0 spiro atoms. The van der Waals surface area contributed by atoms with Crippen molar-refractivity contribution in [1.82, 2.24) is 20.5 Å². The van der Waals surface area contributed by atoms with Crippen LogP contribution in [0, 0.1) is 5.92 Å². The lowest BCUT2D eigenvalue weighted by atomic mass is 10.2. The molecule has 0 saturated heterocycles. The molecule has 1 rings (SSSR count). The first-order valence-corrected chi connectivity index (χ1v) is 6.96. The van der Waals surface area contributed by atoms with Crippen molar-refractivity contribution in [2.75, 3.05) is 26.7 Å². The van der Waals surface area contributed by atoms with Crippen molar-refractivity contribution in [2.45, 2.75) is 20.4 Å². The number of nitrogens with one attached hydrogen (secondary N) is 3. The average Bonchev–Trinajstić information content (AvgIpc) is 2.94. The predicted molar refractivity (Wildman–Crippen MR) is 81.6 cm³/mol. The van der Waals surface area contributed by atoms with Crippen molar-refractivity contribution in [3.63, 3.8) is 0 Å². The molecule has 6 heteroatoms. The van der Waals surface area contributed by atoms with Crippen molar-refractivity contribution in [1.29, 1.82) is 0 Å². The fraction of sp³-hybridized carbons (Fsp3) is 0.571. The minimum atomic E-state index is 0.0222. The Kier molecular flexibility index (Phi) is 7.24. The topological polar surface area (TPSA) is 70.4 Å². The molecular formula is C14H25N5O. The smallest absolute Gasteiger partial charge is 0.222 e. The highest BCUT2D eigenvalue weighted by molar-refractivity contribution is 5.80. The molecule has 0 aromatic carbocycles. The zero-order valence-electron chi connectivity index (χ0n) is 12.5. The number of aromatic nitrogens is 1. The normalized spacial score (nSPS) is 11.5. The highest BCUT2D eigenvalue weighted by atomic mass is 16.1. The zero-order chi connectivity index (χ0) is 14.8. The van der Waals surface area contributed by atoms with Crippen LogP contribution in [0.3, 0.4) is 0 Å². The van der Waals surface area contributed by atoms with E-state index in [1.807, 2.05) is 38.4 Å². The molecule has 20 heavy (non-hydrogen) atoms. The van der Waals surface area contributed by atoms with Crippen LogP contribution in [-0.2, 0) is 11.3 Å². The van der Waals surface area contributed by atoms with E-state index in [2.05, 4.69) is 25.5 Å². The molecule has 1 amide bonds. The van der Waals surface area contributed by atoms with Crippen LogP contribution in [0.25, 0.3) is 0 Å². The summed E-state index contributed by atoms with van der Waals surface area (Å²) in [6, 6.07) is 4.01.